The van der Waals surface area contributed by atoms with E-state index in [0.29, 0.717) is 23.6 Å². The van der Waals surface area contributed by atoms with Crippen molar-refractivity contribution in [1.29, 1.82) is 0 Å². The van der Waals surface area contributed by atoms with E-state index in [0.717, 1.165) is 50.9 Å². The summed E-state index contributed by atoms with van der Waals surface area (Å²) in [5, 5.41) is 0. The molecule has 1 saturated carbocycles. The fourth-order valence-corrected chi connectivity index (χ4v) is 4.22. The standard InChI is InChI=1S/C26H29F2N5.U/c1-3-33(4-2)12-7-5-6-9-20-23(27)13-18(14-24(20)28)21-15-22(21)19-16-31-26(32-17-19)25-29-10-8-11-30-25;/h8,10-11,13-14,16-17,21-22H,1-7,9,12,15H2;/q-2;+2. The molecule has 0 aliphatic heterocycles. The number of aromatic nitrogens is 4. The quantitative estimate of drug-likeness (QED) is 0.206. The Kier molecular flexibility index (Phi) is 10.1. The van der Waals surface area contributed by atoms with E-state index in [1.807, 2.05) is 0 Å². The van der Waals surface area contributed by atoms with Crippen molar-refractivity contribution in [3.05, 3.63) is 85.2 Å². The van der Waals surface area contributed by atoms with Crippen molar-refractivity contribution in [3.8, 4) is 11.6 Å². The van der Waals surface area contributed by atoms with Gasteiger partial charge in [0.05, 0.1) is 0 Å². The summed E-state index contributed by atoms with van der Waals surface area (Å²) in [4.78, 5) is 19.2. The van der Waals surface area contributed by atoms with Crippen LogP contribution in [0.4, 0.5) is 8.78 Å². The van der Waals surface area contributed by atoms with Gasteiger partial charge in [0.25, 0.3) is 0 Å². The van der Waals surface area contributed by atoms with E-state index in [2.05, 4.69) is 38.7 Å². The predicted molar refractivity (Wildman–Crippen MR) is 124 cm³/mol. The molecule has 2 atom stereocenters. The fraction of sp³-hybridized carbons (Fsp3) is 0.385. The van der Waals surface area contributed by atoms with Crippen LogP contribution in [-0.4, -0.2) is 44.5 Å². The van der Waals surface area contributed by atoms with E-state index in [9.17, 15) is 8.78 Å². The number of nitrogens with zero attached hydrogens (tertiary/aromatic N) is 5. The Morgan fingerprint density at radius 2 is 1.41 bits per heavy atom. The van der Waals surface area contributed by atoms with Crippen molar-refractivity contribution in [1.82, 2.24) is 24.8 Å². The maximum absolute atomic E-state index is 14.7. The van der Waals surface area contributed by atoms with E-state index in [1.54, 1.807) is 30.9 Å². The first kappa shape index (κ1) is 26.8. The van der Waals surface area contributed by atoms with Crippen LogP contribution in [0.2, 0.25) is 0 Å². The van der Waals surface area contributed by atoms with Crippen LogP contribution in [-0.2, 0) is 6.42 Å². The van der Waals surface area contributed by atoms with Gasteiger partial charge in [0, 0.05) is 30.4 Å². The Balaban J connectivity index is 0.00000324. The summed E-state index contributed by atoms with van der Waals surface area (Å²) in [6, 6.07) is 4.74. The maximum atomic E-state index is 14.7. The second kappa shape index (κ2) is 12.8. The van der Waals surface area contributed by atoms with E-state index < -0.39 is 11.6 Å². The van der Waals surface area contributed by atoms with E-state index >= 15 is 0 Å². The summed E-state index contributed by atoms with van der Waals surface area (Å²) < 4.78 is 29.4. The minimum atomic E-state index is -0.444. The van der Waals surface area contributed by atoms with Gasteiger partial charge in [-0.2, -0.15) is 0 Å². The Morgan fingerprint density at radius 1 is 0.824 bits per heavy atom. The molecule has 1 aliphatic carbocycles. The Morgan fingerprint density at radius 3 is 2.03 bits per heavy atom. The minimum absolute atomic E-state index is 0. The second-order valence-corrected chi connectivity index (χ2v) is 8.48. The van der Waals surface area contributed by atoms with Gasteiger partial charge in [0.2, 0.25) is 0 Å². The molecule has 176 valence electrons. The molecule has 2 heterocycles. The SMILES string of the molecule is [CH2-]CN(C[CH2-])CCCCCc1c(F)cc(C2CC2c2cnc(-c3ncccn3)nc2)cc1F.[U+2]. The molecule has 4 rings (SSSR count). The molecule has 2 aromatic heterocycles. The molecule has 1 aromatic carbocycles. The number of unbranched alkanes of at least 4 members (excludes halogenated alkanes) is 2. The van der Waals surface area contributed by atoms with E-state index in [-0.39, 0.29) is 48.5 Å². The largest absolute Gasteiger partial charge is 2.00 e. The molecular formula is C26H29F2N5U. The van der Waals surface area contributed by atoms with Gasteiger partial charge in [0.15, 0.2) is 11.6 Å². The number of hydrogen-bond donors (Lipinski definition) is 0. The van der Waals surface area contributed by atoms with Crippen LogP contribution in [0.25, 0.3) is 11.6 Å². The zero-order chi connectivity index (χ0) is 23.2. The van der Waals surface area contributed by atoms with Crippen molar-refractivity contribution in [2.24, 2.45) is 0 Å². The zero-order valence-corrected chi connectivity index (χ0v) is 23.4. The third kappa shape index (κ3) is 6.68. The van der Waals surface area contributed by atoms with Crippen molar-refractivity contribution in [3.63, 3.8) is 0 Å². The van der Waals surface area contributed by atoms with Crippen LogP contribution in [0.3, 0.4) is 0 Å². The molecule has 3 aromatic rings. The number of hydrogen-bond acceptors (Lipinski definition) is 5. The van der Waals surface area contributed by atoms with Crippen LogP contribution in [0.15, 0.2) is 43.0 Å². The Bertz CT molecular complexity index is 1020. The zero-order valence-electron chi connectivity index (χ0n) is 19.3. The van der Waals surface area contributed by atoms with Gasteiger partial charge in [-0.15, -0.1) is 13.1 Å². The van der Waals surface area contributed by atoms with Crippen molar-refractivity contribution in [2.75, 3.05) is 19.6 Å². The molecule has 2 unspecified atom stereocenters. The summed E-state index contributed by atoms with van der Waals surface area (Å²) in [5.41, 5.74) is 1.86. The average molecular weight is 688 g/mol. The Labute approximate surface area is 224 Å². The van der Waals surface area contributed by atoms with Gasteiger partial charge < -0.3 is 18.7 Å². The topological polar surface area (TPSA) is 54.8 Å². The number of benzene rings is 1. The first-order chi connectivity index (χ1) is 16.1. The number of halogens is 2. The summed E-state index contributed by atoms with van der Waals surface area (Å²) in [5.74, 6) is 0.300. The first-order valence-electron chi connectivity index (χ1n) is 11.5. The van der Waals surface area contributed by atoms with Gasteiger partial charge in [-0.05, 0) is 73.4 Å². The summed E-state index contributed by atoms with van der Waals surface area (Å²) in [6.07, 6.45) is 10.7. The fourth-order valence-electron chi connectivity index (χ4n) is 4.22. The second-order valence-electron chi connectivity index (χ2n) is 8.48. The summed E-state index contributed by atoms with van der Waals surface area (Å²) >= 11 is 0. The Hall–Kier alpha value is -1.75. The van der Waals surface area contributed by atoms with E-state index in [4.69, 9.17) is 0 Å². The third-order valence-electron chi connectivity index (χ3n) is 6.28. The molecular weight excluding hydrogens is 658 g/mol. The van der Waals surface area contributed by atoms with Gasteiger partial charge in [-0.1, -0.05) is 6.42 Å². The van der Waals surface area contributed by atoms with Gasteiger partial charge in [-0.3, -0.25) is 0 Å². The van der Waals surface area contributed by atoms with Crippen LogP contribution < -0.4 is 0 Å². The molecule has 34 heavy (non-hydrogen) atoms. The third-order valence-corrected chi connectivity index (χ3v) is 6.28. The molecule has 0 spiro atoms. The molecule has 0 saturated heterocycles. The normalized spacial score (nSPS) is 17.0. The van der Waals surface area contributed by atoms with Crippen LogP contribution in [0.1, 0.15) is 54.2 Å². The molecule has 1 aliphatic rings. The van der Waals surface area contributed by atoms with E-state index in [1.165, 1.54) is 12.1 Å². The smallest absolute Gasteiger partial charge is 0.363 e. The molecule has 0 bridgehead atoms. The van der Waals surface area contributed by atoms with Gasteiger partial charge in [0.1, 0.15) is 11.6 Å². The van der Waals surface area contributed by atoms with Crippen LogP contribution in [0, 0.1) is 56.6 Å². The van der Waals surface area contributed by atoms with Gasteiger partial charge in [-0.25, -0.2) is 28.7 Å². The van der Waals surface area contributed by atoms with Crippen LogP contribution >= 0.6 is 0 Å². The first-order valence-corrected chi connectivity index (χ1v) is 11.5. The van der Waals surface area contributed by atoms with Crippen molar-refractivity contribution in [2.45, 2.75) is 43.9 Å². The average Bonchev–Trinajstić information content (AvgIpc) is 3.64. The molecule has 8 heteroatoms. The molecule has 5 nitrogen and oxygen atoms in total. The number of rotatable bonds is 11. The molecule has 0 N–H and O–H groups in total. The molecule has 1 fully saturated rings. The van der Waals surface area contributed by atoms with Crippen molar-refractivity contribution >= 4 is 0 Å². The molecule has 0 amide bonds. The summed E-state index contributed by atoms with van der Waals surface area (Å²) in [7, 11) is 0. The monoisotopic (exact) mass is 687 g/mol. The van der Waals surface area contributed by atoms with Crippen LogP contribution in [0.5, 0.6) is 0 Å². The summed E-state index contributed by atoms with van der Waals surface area (Å²) in [6.45, 7) is 10.1. The molecule has 0 radical (unpaired) electrons. The predicted octanol–water partition coefficient (Wildman–Crippen LogP) is 5.17. The van der Waals surface area contributed by atoms with Gasteiger partial charge >= 0.3 is 31.1 Å². The minimum Gasteiger partial charge on any atom is -0.363 e. The van der Waals surface area contributed by atoms with Crippen molar-refractivity contribution < 1.29 is 39.9 Å². The maximum Gasteiger partial charge on any atom is 2.00 e.